The van der Waals surface area contributed by atoms with Gasteiger partial charge in [0.1, 0.15) is 11.8 Å². The number of amides is 2. The van der Waals surface area contributed by atoms with Crippen molar-refractivity contribution in [3.05, 3.63) is 29.3 Å². The third kappa shape index (κ3) is 4.48. The van der Waals surface area contributed by atoms with Crippen molar-refractivity contribution in [2.75, 3.05) is 18.5 Å². The van der Waals surface area contributed by atoms with Gasteiger partial charge in [0, 0.05) is 18.7 Å². The molecular formula is C16H20F2N2O3. The molecule has 7 heteroatoms. The minimum absolute atomic E-state index is 0.129. The topological polar surface area (TPSA) is 67.4 Å². The summed E-state index contributed by atoms with van der Waals surface area (Å²) in [6.07, 6.45) is 0.561. The molecule has 0 radical (unpaired) electrons. The highest BCUT2D eigenvalue weighted by Gasteiger charge is 2.26. The molecule has 0 bridgehead atoms. The van der Waals surface area contributed by atoms with Crippen LogP contribution in [0, 0.1) is 17.6 Å². The molecule has 1 heterocycles. The molecule has 5 nitrogen and oxygen atoms in total. The molecule has 1 aliphatic heterocycles. The van der Waals surface area contributed by atoms with Gasteiger partial charge >= 0.3 is 0 Å². The second-order valence-electron chi connectivity index (χ2n) is 5.91. The van der Waals surface area contributed by atoms with Crippen LogP contribution in [0.3, 0.4) is 0 Å². The number of rotatable bonds is 5. The Morgan fingerprint density at radius 3 is 2.48 bits per heavy atom. The third-order valence-electron chi connectivity index (χ3n) is 3.45. The van der Waals surface area contributed by atoms with Crippen molar-refractivity contribution in [1.82, 2.24) is 5.32 Å². The number of ether oxygens (including phenoxy) is 1. The van der Waals surface area contributed by atoms with Crippen LogP contribution >= 0.6 is 0 Å². The highest BCUT2D eigenvalue weighted by molar-refractivity contribution is 5.97. The van der Waals surface area contributed by atoms with Crippen molar-refractivity contribution >= 4 is 17.5 Å². The van der Waals surface area contributed by atoms with E-state index in [1.54, 1.807) is 0 Å². The normalized spacial score (nSPS) is 17.3. The van der Waals surface area contributed by atoms with Crippen molar-refractivity contribution in [1.29, 1.82) is 0 Å². The van der Waals surface area contributed by atoms with Crippen LogP contribution in [0.2, 0.25) is 0 Å². The number of benzene rings is 1. The van der Waals surface area contributed by atoms with Crippen molar-refractivity contribution in [2.45, 2.75) is 32.8 Å². The monoisotopic (exact) mass is 326 g/mol. The van der Waals surface area contributed by atoms with Gasteiger partial charge in [0.2, 0.25) is 0 Å². The van der Waals surface area contributed by atoms with E-state index >= 15 is 0 Å². The summed E-state index contributed by atoms with van der Waals surface area (Å²) in [5, 5.41) is 4.77. The Bertz CT molecular complexity index is 576. The average Bonchev–Trinajstić information content (AvgIpc) is 3.02. The second kappa shape index (κ2) is 7.50. The Morgan fingerprint density at radius 1 is 1.30 bits per heavy atom. The molecule has 0 spiro atoms. The molecule has 23 heavy (non-hydrogen) atoms. The van der Waals surface area contributed by atoms with E-state index in [2.05, 4.69) is 10.6 Å². The van der Waals surface area contributed by atoms with Gasteiger partial charge in [-0.25, -0.2) is 8.78 Å². The molecule has 0 saturated carbocycles. The first-order valence-corrected chi connectivity index (χ1v) is 7.58. The molecule has 0 aromatic heterocycles. The van der Waals surface area contributed by atoms with Crippen molar-refractivity contribution in [3.8, 4) is 0 Å². The summed E-state index contributed by atoms with van der Waals surface area (Å²) in [4.78, 5) is 23.7. The lowest BCUT2D eigenvalue weighted by molar-refractivity contribution is -0.124. The molecule has 1 aliphatic rings. The average molecular weight is 326 g/mol. The molecule has 1 atom stereocenters. The molecule has 2 rings (SSSR count). The zero-order valence-electron chi connectivity index (χ0n) is 13.1. The summed E-state index contributed by atoms with van der Waals surface area (Å²) in [5.41, 5.74) is -0.693. The smallest absolute Gasteiger partial charge is 0.253 e. The number of hydrogen-bond acceptors (Lipinski definition) is 3. The predicted octanol–water partition coefficient (Wildman–Crippen LogP) is 2.47. The van der Waals surface area contributed by atoms with Crippen LogP contribution in [0.15, 0.2) is 12.1 Å². The van der Waals surface area contributed by atoms with E-state index in [-0.39, 0.29) is 11.5 Å². The van der Waals surface area contributed by atoms with Crippen molar-refractivity contribution < 1.29 is 23.1 Å². The van der Waals surface area contributed by atoms with E-state index in [9.17, 15) is 18.4 Å². The highest BCUT2D eigenvalue weighted by atomic mass is 19.1. The van der Waals surface area contributed by atoms with Gasteiger partial charge in [-0.05, 0) is 30.9 Å². The lowest BCUT2D eigenvalue weighted by Crippen LogP contribution is -2.29. The van der Waals surface area contributed by atoms with Gasteiger partial charge < -0.3 is 15.4 Å². The Kier molecular flexibility index (Phi) is 5.65. The van der Waals surface area contributed by atoms with Gasteiger partial charge in [-0.15, -0.1) is 0 Å². The summed E-state index contributed by atoms with van der Waals surface area (Å²) in [6.45, 7) is 4.67. The maximum atomic E-state index is 14.0. The Labute approximate surface area is 133 Å². The first-order chi connectivity index (χ1) is 10.9. The van der Waals surface area contributed by atoms with Crippen LogP contribution in [0.25, 0.3) is 0 Å². The fourth-order valence-electron chi connectivity index (χ4n) is 2.21. The van der Waals surface area contributed by atoms with Crippen LogP contribution in [-0.4, -0.2) is 31.1 Å². The SMILES string of the molecule is CC(C)CNC(=O)c1cc(F)c(NC(=O)C2CCCO2)c(F)c1. The Hall–Kier alpha value is -2.02. The third-order valence-corrected chi connectivity index (χ3v) is 3.45. The van der Waals surface area contributed by atoms with Crippen LogP contribution in [0.5, 0.6) is 0 Å². The molecule has 0 aliphatic carbocycles. The fraction of sp³-hybridized carbons (Fsp3) is 0.500. The van der Waals surface area contributed by atoms with Gasteiger partial charge in [-0.1, -0.05) is 13.8 Å². The second-order valence-corrected chi connectivity index (χ2v) is 5.91. The number of carbonyl (C=O) groups is 2. The van der Waals surface area contributed by atoms with Crippen molar-refractivity contribution in [2.24, 2.45) is 5.92 Å². The maximum Gasteiger partial charge on any atom is 0.253 e. The molecular weight excluding hydrogens is 306 g/mol. The minimum atomic E-state index is -0.994. The van der Waals surface area contributed by atoms with Gasteiger partial charge in [-0.3, -0.25) is 9.59 Å². The molecule has 1 unspecified atom stereocenters. The number of anilines is 1. The van der Waals surface area contributed by atoms with E-state index in [1.807, 2.05) is 13.8 Å². The summed E-state index contributed by atoms with van der Waals surface area (Å²) >= 11 is 0. The highest BCUT2D eigenvalue weighted by Crippen LogP contribution is 2.22. The van der Waals surface area contributed by atoms with Crippen LogP contribution < -0.4 is 10.6 Å². The minimum Gasteiger partial charge on any atom is -0.368 e. The summed E-state index contributed by atoms with van der Waals surface area (Å²) in [7, 11) is 0. The lowest BCUT2D eigenvalue weighted by Gasteiger charge is -2.13. The molecule has 1 aromatic carbocycles. The summed E-state index contributed by atoms with van der Waals surface area (Å²) < 4.78 is 33.2. The standard InChI is InChI=1S/C16H20F2N2O3/c1-9(2)8-19-15(21)10-6-11(17)14(12(18)7-10)20-16(22)13-4-3-5-23-13/h6-7,9,13H,3-5,8H2,1-2H3,(H,19,21)(H,20,22). The number of hydrogen-bond donors (Lipinski definition) is 2. The zero-order valence-corrected chi connectivity index (χ0v) is 13.1. The predicted molar refractivity (Wildman–Crippen MR) is 81.1 cm³/mol. The van der Waals surface area contributed by atoms with Gasteiger partial charge in [0.05, 0.1) is 0 Å². The van der Waals surface area contributed by atoms with E-state index in [0.717, 1.165) is 18.6 Å². The zero-order chi connectivity index (χ0) is 17.0. The van der Waals surface area contributed by atoms with Gasteiger partial charge in [0.15, 0.2) is 11.6 Å². The van der Waals surface area contributed by atoms with Crippen LogP contribution in [0.4, 0.5) is 14.5 Å². The number of nitrogens with one attached hydrogen (secondary N) is 2. The van der Waals surface area contributed by atoms with Gasteiger partial charge in [-0.2, -0.15) is 0 Å². The summed E-state index contributed by atoms with van der Waals surface area (Å²) in [6, 6.07) is 1.81. The largest absolute Gasteiger partial charge is 0.368 e. The maximum absolute atomic E-state index is 14.0. The number of halogens is 2. The Balaban J connectivity index is 2.10. The number of carbonyl (C=O) groups excluding carboxylic acids is 2. The quantitative estimate of drug-likeness (QED) is 0.873. The molecule has 2 amide bonds. The molecule has 1 aromatic rings. The molecule has 2 N–H and O–H groups in total. The van der Waals surface area contributed by atoms with E-state index in [1.165, 1.54) is 0 Å². The first kappa shape index (κ1) is 17.3. The van der Waals surface area contributed by atoms with Crippen molar-refractivity contribution in [3.63, 3.8) is 0 Å². The van der Waals surface area contributed by atoms with Gasteiger partial charge in [0.25, 0.3) is 11.8 Å². The van der Waals surface area contributed by atoms with Crippen LogP contribution in [0.1, 0.15) is 37.0 Å². The molecule has 126 valence electrons. The molecule has 1 saturated heterocycles. The Morgan fingerprint density at radius 2 is 1.96 bits per heavy atom. The molecule has 1 fully saturated rings. The lowest BCUT2D eigenvalue weighted by atomic mass is 10.1. The van der Waals surface area contributed by atoms with E-state index in [4.69, 9.17) is 4.74 Å². The van der Waals surface area contributed by atoms with E-state index in [0.29, 0.717) is 19.6 Å². The van der Waals surface area contributed by atoms with Crippen LogP contribution in [-0.2, 0) is 9.53 Å². The fourth-order valence-corrected chi connectivity index (χ4v) is 2.21. The van der Waals surface area contributed by atoms with E-state index < -0.39 is 35.2 Å². The first-order valence-electron chi connectivity index (χ1n) is 7.58. The summed E-state index contributed by atoms with van der Waals surface area (Å²) in [5.74, 6) is -2.92.